The third-order valence-corrected chi connectivity index (χ3v) is 5.25. The van der Waals surface area contributed by atoms with Gasteiger partial charge in [-0.1, -0.05) is 36.6 Å². The third-order valence-electron chi connectivity index (χ3n) is 5.25. The molecular weight excluding hydrogens is 230 g/mol. The van der Waals surface area contributed by atoms with Crippen molar-refractivity contribution in [2.45, 2.75) is 64.3 Å². The lowest BCUT2D eigenvalue weighted by molar-refractivity contribution is 0.204. The molecule has 0 heterocycles. The van der Waals surface area contributed by atoms with Crippen LogP contribution in [0.4, 0.5) is 0 Å². The van der Waals surface area contributed by atoms with Crippen molar-refractivity contribution in [1.29, 1.82) is 0 Å². The average Bonchev–Trinajstić information content (AvgIpc) is 3.18. The van der Waals surface area contributed by atoms with Gasteiger partial charge >= 0.3 is 0 Å². The molecule has 1 aromatic carbocycles. The highest BCUT2D eigenvalue weighted by molar-refractivity contribution is 5.32. The van der Waals surface area contributed by atoms with Gasteiger partial charge < -0.3 is 5.73 Å². The highest BCUT2D eigenvalue weighted by Crippen LogP contribution is 2.46. The Morgan fingerprint density at radius 3 is 2.68 bits per heavy atom. The van der Waals surface area contributed by atoms with Crippen LogP contribution < -0.4 is 5.73 Å². The molecular formula is C18H27N. The highest BCUT2D eigenvalue weighted by Gasteiger charge is 2.40. The summed E-state index contributed by atoms with van der Waals surface area (Å²) in [5.41, 5.74) is 11.1. The minimum Gasteiger partial charge on any atom is -0.325 e. The monoisotopic (exact) mass is 257 g/mol. The normalized spacial score (nSPS) is 31.4. The lowest BCUT2D eigenvalue weighted by Gasteiger charge is -2.39. The maximum atomic E-state index is 6.77. The Hall–Kier alpha value is -0.820. The van der Waals surface area contributed by atoms with Gasteiger partial charge in [-0.2, -0.15) is 0 Å². The predicted octanol–water partition coefficient (Wildman–Crippen LogP) is 4.14. The number of benzene rings is 1. The van der Waals surface area contributed by atoms with Crippen LogP contribution in [0.5, 0.6) is 0 Å². The van der Waals surface area contributed by atoms with E-state index in [2.05, 4.69) is 32.0 Å². The van der Waals surface area contributed by atoms with E-state index in [4.69, 9.17) is 5.73 Å². The van der Waals surface area contributed by atoms with Gasteiger partial charge in [0, 0.05) is 5.54 Å². The lowest BCUT2D eigenvalue weighted by atomic mass is 9.71. The molecule has 2 unspecified atom stereocenters. The first-order valence-corrected chi connectivity index (χ1v) is 7.91. The zero-order valence-corrected chi connectivity index (χ0v) is 12.4. The summed E-state index contributed by atoms with van der Waals surface area (Å²) in [7, 11) is 0. The standard InChI is InChI=1S/C18H27N/c1-13-5-6-14(2)17(10-13)12-18(19)9-3-4-16(11-18)15-7-8-15/h5-6,10,15-16H,3-4,7-9,11-12,19H2,1-2H3. The Bertz CT molecular complexity index is 461. The van der Waals surface area contributed by atoms with E-state index in [0.29, 0.717) is 0 Å². The Balaban J connectivity index is 1.74. The molecule has 2 atom stereocenters. The molecule has 0 radical (unpaired) electrons. The molecule has 0 saturated heterocycles. The third kappa shape index (κ3) is 3.02. The summed E-state index contributed by atoms with van der Waals surface area (Å²) in [6, 6.07) is 6.79. The van der Waals surface area contributed by atoms with Gasteiger partial charge in [-0.25, -0.2) is 0 Å². The van der Waals surface area contributed by atoms with E-state index in [1.807, 2.05) is 0 Å². The summed E-state index contributed by atoms with van der Waals surface area (Å²) >= 11 is 0. The molecule has 2 aliphatic carbocycles. The maximum Gasteiger partial charge on any atom is 0.0197 e. The molecule has 2 saturated carbocycles. The molecule has 1 aromatic rings. The summed E-state index contributed by atoms with van der Waals surface area (Å²) < 4.78 is 0. The van der Waals surface area contributed by atoms with Crippen LogP contribution in [0.1, 0.15) is 55.2 Å². The Morgan fingerprint density at radius 1 is 1.16 bits per heavy atom. The summed E-state index contributed by atoms with van der Waals surface area (Å²) in [4.78, 5) is 0. The first kappa shape index (κ1) is 13.2. The van der Waals surface area contributed by atoms with Gasteiger partial charge in [0.15, 0.2) is 0 Å². The molecule has 0 aliphatic heterocycles. The van der Waals surface area contributed by atoms with Crippen LogP contribution in [0.25, 0.3) is 0 Å². The van der Waals surface area contributed by atoms with Crippen molar-refractivity contribution in [3.05, 3.63) is 34.9 Å². The van der Waals surface area contributed by atoms with Gasteiger partial charge in [0.25, 0.3) is 0 Å². The average molecular weight is 257 g/mol. The smallest absolute Gasteiger partial charge is 0.0197 e. The molecule has 0 amide bonds. The maximum absolute atomic E-state index is 6.77. The number of nitrogens with two attached hydrogens (primary N) is 1. The number of rotatable bonds is 3. The molecule has 2 N–H and O–H groups in total. The van der Waals surface area contributed by atoms with Gasteiger partial charge in [-0.3, -0.25) is 0 Å². The summed E-state index contributed by atoms with van der Waals surface area (Å²) in [5, 5.41) is 0. The van der Waals surface area contributed by atoms with Crippen molar-refractivity contribution in [1.82, 2.24) is 0 Å². The van der Waals surface area contributed by atoms with E-state index in [1.54, 1.807) is 0 Å². The molecule has 19 heavy (non-hydrogen) atoms. The number of hydrogen-bond donors (Lipinski definition) is 1. The molecule has 1 nitrogen and oxygen atoms in total. The lowest BCUT2D eigenvalue weighted by Crippen LogP contribution is -2.46. The summed E-state index contributed by atoms with van der Waals surface area (Å²) in [5.74, 6) is 1.94. The quantitative estimate of drug-likeness (QED) is 0.865. The van der Waals surface area contributed by atoms with Gasteiger partial charge in [-0.05, 0) is 68.9 Å². The van der Waals surface area contributed by atoms with Gasteiger partial charge in [-0.15, -0.1) is 0 Å². The number of aryl methyl sites for hydroxylation is 2. The molecule has 2 aliphatic rings. The first-order chi connectivity index (χ1) is 9.06. The second-order valence-electron chi connectivity index (χ2n) is 7.16. The zero-order valence-electron chi connectivity index (χ0n) is 12.4. The van der Waals surface area contributed by atoms with E-state index in [0.717, 1.165) is 18.3 Å². The van der Waals surface area contributed by atoms with Crippen molar-refractivity contribution >= 4 is 0 Å². The minimum absolute atomic E-state index is 0.0596. The van der Waals surface area contributed by atoms with Crippen LogP contribution in [0.2, 0.25) is 0 Å². The topological polar surface area (TPSA) is 26.0 Å². The predicted molar refractivity (Wildman–Crippen MR) is 81.2 cm³/mol. The Labute approximate surface area is 117 Å². The highest BCUT2D eigenvalue weighted by atomic mass is 14.8. The van der Waals surface area contributed by atoms with Crippen molar-refractivity contribution in [2.75, 3.05) is 0 Å². The molecule has 3 rings (SSSR count). The van der Waals surface area contributed by atoms with Crippen LogP contribution >= 0.6 is 0 Å². The summed E-state index contributed by atoms with van der Waals surface area (Å²) in [6.45, 7) is 4.40. The Morgan fingerprint density at radius 2 is 1.95 bits per heavy atom. The van der Waals surface area contributed by atoms with Crippen molar-refractivity contribution < 1.29 is 0 Å². The second-order valence-corrected chi connectivity index (χ2v) is 7.16. The fraction of sp³-hybridized carbons (Fsp3) is 0.667. The van der Waals surface area contributed by atoms with Gasteiger partial charge in [0.1, 0.15) is 0 Å². The minimum atomic E-state index is 0.0596. The van der Waals surface area contributed by atoms with Crippen molar-refractivity contribution in [2.24, 2.45) is 17.6 Å². The van der Waals surface area contributed by atoms with E-state index < -0.39 is 0 Å². The molecule has 1 heteroatoms. The molecule has 0 aromatic heterocycles. The van der Waals surface area contributed by atoms with E-state index in [9.17, 15) is 0 Å². The molecule has 0 bridgehead atoms. The van der Waals surface area contributed by atoms with Crippen LogP contribution in [-0.4, -0.2) is 5.54 Å². The summed E-state index contributed by atoms with van der Waals surface area (Å²) in [6.07, 6.45) is 9.23. The van der Waals surface area contributed by atoms with Crippen molar-refractivity contribution in [3.63, 3.8) is 0 Å². The van der Waals surface area contributed by atoms with Crippen LogP contribution in [0, 0.1) is 25.7 Å². The largest absolute Gasteiger partial charge is 0.325 e. The van der Waals surface area contributed by atoms with Crippen LogP contribution in [0.3, 0.4) is 0 Å². The Kier molecular flexibility index (Phi) is 3.42. The van der Waals surface area contributed by atoms with Crippen LogP contribution in [-0.2, 0) is 6.42 Å². The second kappa shape index (κ2) is 4.94. The fourth-order valence-electron chi connectivity index (χ4n) is 3.94. The number of hydrogen-bond acceptors (Lipinski definition) is 1. The molecule has 0 spiro atoms. The SMILES string of the molecule is Cc1ccc(C)c(CC2(N)CCCC(C3CC3)C2)c1. The molecule has 2 fully saturated rings. The zero-order chi connectivity index (χ0) is 13.5. The molecule has 104 valence electrons. The van der Waals surface area contributed by atoms with Crippen molar-refractivity contribution in [3.8, 4) is 0 Å². The first-order valence-electron chi connectivity index (χ1n) is 7.91. The van der Waals surface area contributed by atoms with E-state index in [1.165, 1.54) is 55.2 Å². The fourth-order valence-corrected chi connectivity index (χ4v) is 3.94. The van der Waals surface area contributed by atoms with E-state index in [-0.39, 0.29) is 5.54 Å². The van der Waals surface area contributed by atoms with Gasteiger partial charge in [0.2, 0.25) is 0 Å². The van der Waals surface area contributed by atoms with Gasteiger partial charge in [0.05, 0.1) is 0 Å². The van der Waals surface area contributed by atoms with Crippen LogP contribution in [0.15, 0.2) is 18.2 Å². The van der Waals surface area contributed by atoms with E-state index >= 15 is 0 Å².